The molecule has 1 aliphatic rings. The van der Waals surface area contributed by atoms with E-state index in [9.17, 15) is 13.2 Å². The summed E-state index contributed by atoms with van der Waals surface area (Å²) in [6.07, 6.45) is 0.317. The number of esters is 1. The molecule has 1 heterocycles. The van der Waals surface area contributed by atoms with Gasteiger partial charge in [0.15, 0.2) is 0 Å². The molecule has 0 spiro atoms. The van der Waals surface area contributed by atoms with E-state index in [2.05, 4.69) is 0 Å². The normalized spacial score (nSPS) is 24.2. The average molecular weight is 322 g/mol. The Hall–Kier alpha value is -0.700. The van der Waals surface area contributed by atoms with E-state index in [1.165, 1.54) is 8.61 Å². The first-order chi connectivity index (χ1) is 9.81. The van der Waals surface area contributed by atoms with Gasteiger partial charge in [0.1, 0.15) is 6.54 Å². The van der Waals surface area contributed by atoms with Crippen LogP contribution in [0.1, 0.15) is 34.1 Å². The molecule has 21 heavy (non-hydrogen) atoms. The largest absolute Gasteiger partial charge is 0.465 e. The standard InChI is InChI=1S/C13H26N2O5S/c1-5-7-14(10-13(16)19-6-2)21(17,18)15-8-11(3)20-12(4)9-15/h11-12H,5-10H2,1-4H3. The Balaban J connectivity index is 2.85. The number of morpholine rings is 1. The van der Waals surface area contributed by atoms with Crippen LogP contribution in [0.15, 0.2) is 0 Å². The van der Waals surface area contributed by atoms with Gasteiger partial charge >= 0.3 is 5.97 Å². The summed E-state index contributed by atoms with van der Waals surface area (Å²) in [5, 5.41) is 0. The van der Waals surface area contributed by atoms with Crippen LogP contribution < -0.4 is 0 Å². The Kier molecular flexibility index (Phi) is 7.05. The quantitative estimate of drug-likeness (QED) is 0.642. The van der Waals surface area contributed by atoms with Crippen LogP contribution in [-0.2, 0) is 24.5 Å². The number of hydrogen-bond donors (Lipinski definition) is 0. The van der Waals surface area contributed by atoms with Gasteiger partial charge in [-0.05, 0) is 27.2 Å². The molecule has 0 radical (unpaired) electrons. The second kappa shape index (κ2) is 8.07. The minimum Gasteiger partial charge on any atom is -0.465 e. The summed E-state index contributed by atoms with van der Waals surface area (Å²) in [6, 6.07) is 0. The number of hydrogen-bond acceptors (Lipinski definition) is 5. The first kappa shape index (κ1) is 18.3. The lowest BCUT2D eigenvalue weighted by Crippen LogP contribution is -2.54. The van der Waals surface area contributed by atoms with Crippen LogP contribution in [0.5, 0.6) is 0 Å². The molecule has 0 amide bonds. The van der Waals surface area contributed by atoms with Crippen LogP contribution in [0, 0.1) is 0 Å². The lowest BCUT2D eigenvalue weighted by molar-refractivity contribution is -0.143. The first-order valence-corrected chi connectivity index (χ1v) is 8.77. The number of nitrogens with zero attached hydrogens (tertiary/aromatic N) is 2. The topological polar surface area (TPSA) is 76.2 Å². The molecule has 0 bridgehead atoms. The van der Waals surface area contributed by atoms with Gasteiger partial charge in [0.2, 0.25) is 0 Å². The Morgan fingerprint density at radius 3 is 2.33 bits per heavy atom. The monoisotopic (exact) mass is 322 g/mol. The summed E-state index contributed by atoms with van der Waals surface area (Å²) in [5.41, 5.74) is 0. The Morgan fingerprint density at radius 2 is 1.86 bits per heavy atom. The van der Waals surface area contributed by atoms with Crippen molar-refractivity contribution >= 4 is 16.2 Å². The zero-order chi connectivity index (χ0) is 16.0. The van der Waals surface area contributed by atoms with Crippen LogP contribution >= 0.6 is 0 Å². The highest BCUT2D eigenvalue weighted by Gasteiger charge is 2.35. The van der Waals surface area contributed by atoms with Gasteiger partial charge in [-0.3, -0.25) is 4.79 Å². The molecular formula is C13H26N2O5S. The maximum atomic E-state index is 12.7. The predicted molar refractivity (Wildman–Crippen MR) is 79.0 cm³/mol. The summed E-state index contributed by atoms with van der Waals surface area (Å²) >= 11 is 0. The smallest absolute Gasteiger partial charge is 0.321 e. The van der Waals surface area contributed by atoms with Gasteiger partial charge in [-0.2, -0.15) is 17.0 Å². The van der Waals surface area contributed by atoms with Crippen molar-refractivity contribution in [2.75, 3.05) is 32.8 Å². The highest BCUT2D eigenvalue weighted by atomic mass is 32.2. The van der Waals surface area contributed by atoms with Crippen LogP contribution in [0.25, 0.3) is 0 Å². The zero-order valence-electron chi connectivity index (χ0n) is 13.2. The van der Waals surface area contributed by atoms with E-state index >= 15 is 0 Å². The number of ether oxygens (including phenoxy) is 2. The van der Waals surface area contributed by atoms with E-state index in [0.717, 1.165) is 0 Å². The first-order valence-electron chi connectivity index (χ1n) is 7.37. The Bertz CT molecular complexity index is 430. The number of rotatable bonds is 7. The minimum absolute atomic E-state index is 0.158. The fourth-order valence-electron chi connectivity index (χ4n) is 2.36. The zero-order valence-corrected chi connectivity index (χ0v) is 14.1. The summed E-state index contributed by atoms with van der Waals surface area (Å²) in [6.45, 7) is 8.14. The van der Waals surface area contributed by atoms with Gasteiger partial charge < -0.3 is 9.47 Å². The van der Waals surface area contributed by atoms with Gasteiger partial charge in [-0.25, -0.2) is 0 Å². The molecule has 1 rings (SSSR count). The molecule has 1 saturated heterocycles. The third-order valence-electron chi connectivity index (χ3n) is 3.12. The average Bonchev–Trinajstić information content (AvgIpc) is 2.37. The molecule has 1 fully saturated rings. The van der Waals surface area contributed by atoms with Gasteiger partial charge in [-0.1, -0.05) is 6.92 Å². The molecule has 2 unspecified atom stereocenters. The van der Waals surface area contributed by atoms with Crippen molar-refractivity contribution in [2.45, 2.75) is 46.3 Å². The van der Waals surface area contributed by atoms with Crippen molar-refractivity contribution in [1.82, 2.24) is 8.61 Å². The number of carbonyl (C=O) groups excluding carboxylic acids is 1. The van der Waals surface area contributed by atoms with E-state index in [-0.39, 0.29) is 25.4 Å². The van der Waals surface area contributed by atoms with Gasteiger partial charge in [-0.15, -0.1) is 0 Å². The molecule has 124 valence electrons. The fraction of sp³-hybridized carbons (Fsp3) is 0.923. The highest BCUT2D eigenvalue weighted by molar-refractivity contribution is 7.86. The van der Waals surface area contributed by atoms with Crippen LogP contribution in [0.4, 0.5) is 0 Å². The van der Waals surface area contributed by atoms with Crippen molar-refractivity contribution < 1.29 is 22.7 Å². The van der Waals surface area contributed by atoms with Crippen LogP contribution in [0.3, 0.4) is 0 Å². The van der Waals surface area contributed by atoms with E-state index in [1.807, 2.05) is 20.8 Å². The summed E-state index contributed by atoms with van der Waals surface area (Å²) in [5.74, 6) is -0.524. The molecule has 0 aromatic carbocycles. The minimum atomic E-state index is -3.68. The van der Waals surface area contributed by atoms with Gasteiger partial charge in [0, 0.05) is 19.6 Å². The van der Waals surface area contributed by atoms with Crippen molar-refractivity contribution in [3.8, 4) is 0 Å². The maximum Gasteiger partial charge on any atom is 0.321 e. The molecule has 0 saturated carbocycles. The van der Waals surface area contributed by atoms with E-state index < -0.39 is 16.2 Å². The molecule has 8 heteroatoms. The highest BCUT2D eigenvalue weighted by Crippen LogP contribution is 2.17. The lowest BCUT2D eigenvalue weighted by Gasteiger charge is -2.37. The van der Waals surface area contributed by atoms with E-state index in [1.54, 1.807) is 6.92 Å². The molecule has 0 N–H and O–H groups in total. The van der Waals surface area contributed by atoms with Crippen molar-refractivity contribution in [3.63, 3.8) is 0 Å². The van der Waals surface area contributed by atoms with E-state index in [4.69, 9.17) is 9.47 Å². The molecule has 0 aliphatic carbocycles. The molecule has 0 aromatic rings. The summed E-state index contributed by atoms with van der Waals surface area (Å²) < 4.78 is 38.4. The van der Waals surface area contributed by atoms with Crippen molar-refractivity contribution in [3.05, 3.63) is 0 Å². The molecular weight excluding hydrogens is 296 g/mol. The fourth-order valence-corrected chi connectivity index (χ4v) is 4.16. The maximum absolute atomic E-state index is 12.7. The molecule has 0 aromatic heterocycles. The molecule has 1 aliphatic heterocycles. The summed E-state index contributed by atoms with van der Waals surface area (Å²) in [7, 11) is -3.68. The molecule has 2 atom stereocenters. The Morgan fingerprint density at radius 1 is 1.29 bits per heavy atom. The molecule has 7 nitrogen and oxygen atoms in total. The van der Waals surface area contributed by atoms with Crippen molar-refractivity contribution in [1.29, 1.82) is 0 Å². The van der Waals surface area contributed by atoms with E-state index in [0.29, 0.717) is 26.1 Å². The summed E-state index contributed by atoms with van der Waals surface area (Å²) in [4.78, 5) is 11.6. The second-order valence-electron chi connectivity index (χ2n) is 5.22. The lowest BCUT2D eigenvalue weighted by atomic mass is 10.3. The second-order valence-corrected chi connectivity index (χ2v) is 7.15. The van der Waals surface area contributed by atoms with Gasteiger partial charge in [0.05, 0.1) is 18.8 Å². The third-order valence-corrected chi connectivity index (χ3v) is 5.04. The van der Waals surface area contributed by atoms with Crippen LogP contribution in [0.2, 0.25) is 0 Å². The van der Waals surface area contributed by atoms with Crippen LogP contribution in [-0.4, -0.2) is 68.0 Å². The predicted octanol–water partition coefficient (Wildman–Crippen LogP) is 0.616. The third kappa shape index (κ3) is 5.21. The number of carbonyl (C=O) groups is 1. The van der Waals surface area contributed by atoms with Gasteiger partial charge in [0.25, 0.3) is 10.2 Å². The SMILES string of the molecule is CCCN(CC(=O)OCC)S(=O)(=O)N1CC(C)OC(C)C1. The Labute approximate surface area is 127 Å². The van der Waals surface area contributed by atoms with Crippen molar-refractivity contribution in [2.24, 2.45) is 0 Å².